The minimum absolute atomic E-state index is 0.224. The van der Waals surface area contributed by atoms with E-state index in [1.807, 2.05) is 64.8 Å². The Hall–Kier alpha value is -3.48. The number of pyridine rings is 1. The van der Waals surface area contributed by atoms with Crippen LogP contribution >= 0.6 is 15.9 Å². The maximum absolute atomic E-state index is 12.2. The molecule has 3 heterocycles. The summed E-state index contributed by atoms with van der Waals surface area (Å²) >= 11 is 3.56. The number of aryl methyl sites for hydroxylation is 1. The summed E-state index contributed by atoms with van der Waals surface area (Å²) in [6, 6.07) is 13.9. The van der Waals surface area contributed by atoms with Crippen molar-refractivity contribution in [2.75, 3.05) is 19.8 Å². The molecule has 2 aromatic carbocycles. The molecule has 1 fully saturated rings. The molecule has 1 aliphatic heterocycles. The van der Waals surface area contributed by atoms with Crippen LogP contribution in [0.25, 0.3) is 27.6 Å². The second-order valence-electron chi connectivity index (χ2n) is 8.36. The molecule has 8 nitrogen and oxygen atoms in total. The topological polar surface area (TPSA) is 94.4 Å². The number of nitriles is 1. The van der Waals surface area contributed by atoms with Gasteiger partial charge in [-0.15, -0.1) is 4.99 Å². The fourth-order valence-electron chi connectivity index (χ4n) is 4.56. The first-order chi connectivity index (χ1) is 16.5. The molecular weight excluding hydrogens is 498 g/mol. The second-order valence-corrected chi connectivity index (χ2v) is 9.28. The fraction of sp³-hybridized carbons (Fsp3) is 0.280. The number of hydrogen-bond donors (Lipinski definition) is 0. The maximum Gasteiger partial charge on any atom is 0.306 e. The lowest BCUT2D eigenvalue weighted by atomic mass is 9.76. The van der Waals surface area contributed by atoms with Gasteiger partial charge in [0.2, 0.25) is 11.8 Å². The van der Waals surface area contributed by atoms with Gasteiger partial charge in [-0.25, -0.2) is 0 Å². The van der Waals surface area contributed by atoms with Crippen LogP contribution in [-0.2, 0) is 26.7 Å². The molecule has 0 bridgehead atoms. The van der Waals surface area contributed by atoms with Crippen molar-refractivity contribution >= 4 is 43.8 Å². The highest BCUT2D eigenvalue weighted by Crippen LogP contribution is 2.37. The highest BCUT2D eigenvalue weighted by molar-refractivity contribution is 9.10. The zero-order valence-electron chi connectivity index (χ0n) is 18.8. The molecule has 4 aromatic rings. The SMILES string of the molecule is CCOC(=O)CC1(c2ccc(-n3/c(=N\C#N)n(C)c4cnc5ccc(Br)cc5c43)cc2)COC1. The van der Waals surface area contributed by atoms with Gasteiger partial charge in [0, 0.05) is 22.6 Å². The molecule has 172 valence electrons. The van der Waals surface area contributed by atoms with Crippen LogP contribution in [0.15, 0.2) is 58.1 Å². The van der Waals surface area contributed by atoms with E-state index in [1.165, 1.54) is 0 Å². The predicted octanol–water partition coefficient (Wildman–Crippen LogP) is 3.88. The molecule has 1 aliphatic rings. The molecule has 0 N–H and O–H groups in total. The molecule has 1 saturated heterocycles. The number of carbonyl (C=O) groups excluding carboxylic acids is 1. The van der Waals surface area contributed by atoms with E-state index in [4.69, 9.17) is 9.47 Å². The third kappa shape index (κ3) is 3.59. The van der Waals surface area contributed by atoms with E-state index in [0.717, 1.165) is 37.7 Å². The van der Waals surface area contributed by atoms with E-state index in [9.17, 15) is 10.1 Å². The van der Waals surface area contributed by atoms with E-state index >= 15 is 0 Å². The number of benzene rings is 2. The fourth-order valence-corrected chi connectivity index (χ4v) is 4.93. The van der Waals surface area contributed by atoms with Crippen molar-refractivity contribution in [2.45, 2.75) is 18.8 Å². The summed E-state index contributed by atoms with van der Waals surface area (Å²) in [5, 5.41) is 10.3. The molecule has 2 aromatic heterocycles. The van der Waals surface area contributed by atoms with Gasteiger partial charge >= 0.3 is 5.97 Å². The Balaban J connectivity index is 1.68. The third-order valence-corrected chi connectivity index (χ3v) is 6.79. The van der Waals surface area contributed by atoms with Crippen molar-refractivity contribution in [1.29, 1.82) is 5.26 Å². The highest BCUT2D eigenvalue weighted by Gasteiger charge is 2.42. The Labute approximate surface area is 204 Å². The molecule has 0 radical (unpaired) electrons. The number of halogens is 1. The number of fused-ring (bicyclic) bond motifs is 3. The van der Waals surface area contributed by atoms with Crippen LogP contribution < -0.4 is 5.62 Å². The van der Waals surface area contributed by atoms with Gasteiger partial charge in [0.1, 0.15) is 0 Å². The molecule has 0 spiro atoms. The van der Waals surface area contributed by atoms with Crippen molar-refractivity contribution in [3.8, 4) is 11.9 Å². The van der Waals surface area contributed by atoms with Crippen LogP contribution in [0.1, 0.15) is 18.9 Å². The zero-order valence-corrected chi connectivity index (χ0v) is 20.4. The molecule has 5 rings (SSSR count). The smallest absolute Gasteiger partial charge is 0.306 e. The van der Waals surface area contributed by atoms with Gasteiger partial charge in [-0.1, -0.05) is 28.1 Å². The first-order valence-electron chi connectivity index (χ1n) is 10.9. The Bertz CT molecular complexity index is 1520. The Morgan fingerprint density at radius 1 is 1.29 bits per heavy atom. The summed E-state index contributed by atoms with van der Waals surface area (Å²) < 4.78 is 15.4. The number of imidazole rings is 1. The van der Waals surface area contributed by atoms with E-state index in [-0.39, 0.29) is 17.8 Å². The molecule has 34 heavy (non-hydrogen) atoms. The molecule has 9 heteroatoms. The van der Waals surface area contributed by atoms with E-state index in [1.54, 1.807) is 13.1 Å². The van der Waals surface area contributed by atoms with E-state index < -0.39 is 0 Å². The van der Waals surface area contributed by atoms with Crippen LogP contribution in [0.5, 0.6) is 0 Å². The summed E-state index contributed by atoms with van der Waals surface area (Å²) in [6.45, 7) is 3.12. The molecule has 0 amide bonds. The lowest BCUT2D eigenvalue weighted by Gasteiger charge is -2.41. The standard InChI is InChI=1S/C25H22BrN5O3/c1-3-34-22(32)11-25(13-33-14-25)16-4-7-18(8-5-16)31-23-19-10-17(26)6-9-20(19)28-12-21(23)30(2)24(31)29-15-27/h4-10,12H,3,11,13-14H2,1-2H3/b29-24-. The van der Waals surface area contributed by atoms with Gasteiger partial charge in [-0.05, 0) is 42.8 Å². The van der Waals surface area contributed by atoms with Crippen LogP contribution in [0.2, 0.25) is 0 Å². The summed E-state index contributed by atoms with van der Waals surface area (Å²) in [5.41, 5.74) is 4.59. The van der Waals surface area contributed by atoms with E-state index in [2.05, 4.69) is 25.9 Å². The minimum atomic E-state index is -0.379. The molecule has 0 saturated carbocycles. The maximum atomic E-state index is 12.2. The number of nitrogens with zero attached hydrogens (tertiary/aromatic N) is 5. The van der Waals surface area contributed by atoms with Crippen molar-refractivity contribution < 1.29 is 14.3 Å². The third-order valence-electron chi connectivity index (χ3n) is 6.30. The quantitative estimate of drug-likeness (QED) is 0.294. The van der Waals surface area contributed by atoms with Gasteiger partial charge in [-0.2, -0.15) is 5.26 Å². The first kappa shape index (κ1) is 22.3. The Kier molecular flexibility index (Phi) is 5.71. The molecular formula is C25H22BrN5O3. The van der Waals surface area contributed by atoms with Crippen molar-refractivity contribution in [1.82, 2.24) is 14.1 Å². The van der Waals surface area contributed by atoms with Crippen molar-refractivity contribution in [2.24, 2.45) is 12.0 Å². The summed E-state index contributed by atoms with van der Waals surface area (Å²) in [4.78, 5) is 20.9. The predicted molar refractivity (Wildman–Crippen MR) is 130 cm³/mol. The Morgan fingerprint density at radius 3 is 2.71 bits per heavy atom. The molecule has 0 unspecified atom stereocenters. The molecule has 0 atom stereocenters. The zero-order chi connectivity index (χ0) is 23.9. The number of rotatable bonds is 5. The number of carbonyl (C=O) groups is 1. The number of esters is 1. The molecule has 0 aliphatic carbocycles. The number of aromatic nitrogens is 3. The largest absolute Gasteiger partial charge is 0.466 e. The van der Waals surface area contributed by atoms with Crippen LogP contribution in [-0.4, -0.2) is 39.9 Å². The van der Waals surface area contributed by atoms with E-state index in [0.29, 0.717) is 25.4 Å². The minimum Gasteiger partial charge on any atom is -0.466 e. The Morgan fingerprint density at radius 2 is 2.06 bits per heavy atom. The normalized spacial score (nSPS) is 15.3. The van der Waals surface area contributed by atoms with Crippen LogP contribution in [0, 0.1) is 11.5 Å². The van der Waals surface area contributed by atoms with Gasteiger partial charge < -0.3 is 14.0 Å². The highest BCUT2D eigenvalue weighted by atomic mass is 79.9. The van der Waals surface area contributed by atoms with Gasteiger partial charge in [0.25, 0.3) is 0 Å². The van der Waals surface area contributed by atoms with Crippen LogP contribution in [0.3, 0.4) is 0 Å². The number of ether oxygens (including phenoxy) is 2. The number of hydrogen-bond acceptors (Lipinski definition) is 6. The first-order valence-corrected chi connectivity index (χ1v) is 11.7. The summed E-state index contributed by atoms with van der Waals surface area (Å²) in [6.07, 6.45) is 4.01. The lowest BCUT2D eigenvalue weighted by Crippen LogP contribution is -2.48. The van der Waals surface area contributed by atoms with Gasteiger partial charge in [0.05, 0.1) is 54.4 Å². The van der Waals surface area contributed by atoms with Crippen molar-refractivity contribution in [3.63, 3.8) is 0 Å². The lowest BCUT2D eigenvalue weighted by molar-refractivity contribution is -0.151. The average Bonchev–Trinajstić information content (AvgIpc) is 3.09. The summed E-state index contributed by atoms with van der Waals surface area (Å²) in [5.74, 6) is -0.224. The summed E-state index contributed by atoms with van der Waals surface area (Å²) in [7, 11) is 1.87. The second kappa shape index (κ2) is 8.70. The monoisotopic (exact) mass is 519 g/mol. The van der Waals surface area contributed by atoms with Gasteiger partial charge in [0.15, 0.2) is 0 Å². The van der Waals surface area contributed by atoms with Gasteiger partial charge in [-0.3, -0.25) is 14.3 Å². The van der Waals surface area contributed by atoms with Crippen LogP contribution in [0.4, 0.5) is 0 Å². The average molecular weight is 520 g/mol. The van der Waals surface area contributed by atoms with Crippen molar-refractivity contribution in [3.05, 3.63) is 64.3 Å².